The van der Waals surface area contributed by atoms with Gasteiger partial charge in [0.05, 0.1) is 32.1 Å². The molecule has 3 heterocycles. The van der Waals surface area contributed by atoms with Gasteiger partial charge in [-0.1, -0.05) is 11.6 Å². The van der Waals surface area contributed by atoms with Gasteiger partial charge in [-0.15, -0.1) is 5.10 Å². The first kappa shape index (κ1) is 24.6. The van der Waals surface area contributed by atoms with Crippen LogP contribution in [0.3, 0.4) is 0 Å². The molecule has 2 saturated heterocycles. The predicted octanol–water partition coefficient (Wildman–Crippen LogP) is 2.24. The molecule has 9 heteroatoms. The number of hydrogen-bond acceptors (Lipinski definition) is 7. The number of carbonyl (C=O) groups excluding carboxylic acids is 1. The van der Waals surface area contributed by atoms with Crippen molar-refractivity contribution in [3.05, 3.63) is 30.5 Å². The Labute approximate surface area is 201 Å². The first-order valence-electron chi connectivity index (χ1n) is 12.5. The van der Waals surface area contributed by atoms with Crippen molar-refractivity contribution in [1.82, 2.24) is 25.2 Å². The Balaban J connectivity index is 1.21. The van der Waals surface area contributed by atoms with Gasteiger partial charge in [-0.2, -0.15) is 0 Å². The number of methoxy groups -OCH3 is 1. The Morgan fingerprint density at radius 1 is 1.18 bits per heavy atom. The summed E-state index contributed by atoms with van der Waals surface area (Å²) in [6.45, 7) is 3.57. The third-order valence-electron chi connectivity index (χ3n) is 6.85. The molecule has 1 aromatic heterocycles. The molecule has 9 nitrogen and oxygen atoms in total. The molecule has 2 aliphatic rings. The average Bonchev–Trinajstić information content (AvgIpc) is 3.36. The van der Waals surface area contributed by atoms with Crippen LogP contribution in [0.5, 0.6) is 5.75 Å². The number of hydrogen-bond donors (Lipinski definition) is 2. The Hall–Kier alpha value is -2.49. The molecule has 2 N–H and O–H groups in total. The van der Waals surface area contributed by atoms with Crippen LogP contribution in [0.2, 0.25) is 0 Å². The van der Waals surface area contributed by atoms with Gasteiger partial charge in [0.2, 0.25) is 5.91 Å². The molecular weight excluding hydrogens is 434 g/mol. The van der Waals surface area contributed by atoms with Crippen LogP contribution in [0.25, 0.3) is 11.3 Å². The Bertz CT molecular complexity index is 897. The van der Waals surface area contributed by atoms with E-state index in [1.807, 2.05) is 35.1 Å². The van der Waals surface area contributed by atoms with E-state index >= 15 is 0 Å². The fourth-order valence-corrected chi connectivity index (χ4v) is 4.81. The number of benzene rings is 1. The normalized spacial score (nSPS) is 23.5. The van der Waals surface area contributed by atoms with E-state index in [1.54, 1.807) is 7.11 Å². The topological polar surface area (TPSA) is 102 Å². The summed E-state index contributed by atoms with van der Waals surface area (Å²) in [5.74, 6) is 0.852. The van der Waals surface area contributed by atoms with Gasteiger partial charge < -0.3 is 24.8 Å². The van der Waals surface area contributed by atoms with E-state index in [0.717, 1.165) is 55.9 Å². The van der Waals surface area contributed by atoms with Crippen molar-refractivity contribution in [2.75, 3.05) is 33.4 Å². The summed E-state index contributed by atoms with van der Waals surface area (Å²) < 4.78 is 13.2. The van der Waals surface area contributed by atoms with Gasteiger partial charge in [0, 0.05) is 25.1 Å². The molecule has 0 spiro atoms. The first-order valence-corrected chi connectivity index (χ1v) is 12.5. The van der Waals surface area contributed by atoms with Crippen molar-refractivity contribution in [2.24, 2.45) is 0 Å². The lowest BCUT2D eigenvalue weighted by atomic mass is 9.97. The highest BCUT2D eigenvalue weighted by molar-refractivity contribution is 5.76. The number of ether oxygens (including phenoxy) is 2. The van der Waals surface area contributed by atoms with E-state index in [-0.39, 0.29) is 30.8 Å². The van der Waals surface area contributed by atoms with Gasteiger partial charge in [-0.05, 0) is 69.5 Å². The van der Waals surface area contributed by atoms with Crippen LogP contribution in [0.15, 0.2) is 30.5 Å². The number of aryl methyl sites for hydroxylation is 1. The fraction of sp³-hybridized carbons (Fsp3) is 0.640. The second-order valence-corrected chi connectivity index (χ2v) is 9.27. The number of aliphatic hydroxyl groups is 1. The summed E-state index contributed by atoms with van der Waals surface area (Å²) in [6, 6.07) is 7.60. The molecule has 0 saturated carbocycles. The molecule has 1 aromatic carbocycles. The van der Waals surface area contributed by atoms with Crippen LogP contribution < -0.4 is 10.1 Å². The van der Waals surface area contributed by atoms with Gasteiger partial charge in [0.25, 0.3) is 0 Å². The largest absolute Gasteiger partial charge is 0.497 e. The fourth-order valence-electron chi connectivity index (χ4n) is 4.81. The summed E-state index contributed by atoms with van der Waals surface area (Å²) >= 11 is 0. The Kier molecular flexibility index (Phi) is 8.90. The number of nitrogens with zero attached hydrogens (tertiary/aromatic N) is 4. The van der Waals surface area contributed by atoms with Crippen molar-refractivity contribution in [3.8, 4) is 17.0 Å². The van der Waals surface area contributed by atoms with Crippen LogP contribution >= 0.6 is 0 Å². The minimum Gasteiger partial charge on any atom is -0.497 e. The highest BCUT2D eigenvalue weighted by Gasteiger charge is 2.31. The number of carbonyl (C=O) groups is 1. The quantitative estimate of drug-likeness (QED) is 0.548. The molecule has 3 atom stereocenters. The van der Waals surface area contributed by atoms with Gasteiger partial charge in [-0.25, -0.2) is 0 Å². The van der Waals surface area contributed by atoms with Crippen LogP contribution in [0.1, 0.15) is 44.9 Å². The van der Waals surface area contributed by atoms with Gasteiger partial charge in [0.15, 0.2) is 0 Å². The third kappa shape index (κ3) is 6.77. The maximum atomic E-state index is 12.5. The molecule has 0 radical (unpaired) electrons. The second-order valence-electron chi connectivity index (χ2n) is 9.27. The molecule has 4 rings (SSSR count). The number of aliphatic hydroxyl groups excluding tert-OH is 1. The summed E-state index contributed by atoms with van der Waals surface area (Å²) in [6.07, 6.45) is 8.25. The smallest absolute Gasteiger partial charge is 0.221 e. The lowest BCUT2D eigenvalue weighted by Crippen LogP contribution is -2.51. The zero-order valence-corrected chi connectivity index (χ0v) is 20.1. The molecule has 0 unspecified atom stereocenters. The number of nitrogens with one attached hydrogen (secondary N) is 1. The zero-order chi connectivity index (χ0) is 23.8. The molecule has 34 heavy (non-hydrogen) atoms. The van der Waals surface area contributed by atoms with Crippen molar-refractivity contribution in [3.63, 3.8) is 0 Å². The van der Waals surface area contributed by atoms with Gasteiger partial charge in [-0.3, -0.25) is 9.48 Å². The molecule has 2 fully saturated rings. The lowest BCUT2D eigenvalue weighted by molar-refractivity contribution is -0.129. The van der Waals surface area contributed by atoms with Crippen LogP contribution in [-0.2, 0) is 16.1 Å². The highest BCUT2D eigenvalue weighted by Crippen LogP contribution is 2.24. The van der Waals surface area contributed by atoms with Gasteiger partial charge >= 0.3 is 0 Å². The molecule has 0 bridgehead atoms. The molecule has 1 amide bonds. The van der Waals surface area contributed by atoms with Crippen LogP contribution in [0.4, 0.5) is 0 Å². The summed E-state index contributed by atoms with van der Waals surface area (Å²) in [7, 11) is 1.65. The van der Waals surface area contributed by atoms with Crippen LogP contribution in [0, 0.1) is 0 Å². The van der Waals surface area contributed by atoms with E-state index in [2.05, 4.69) is 20.5 Å². The number of likely N-dealkylation sites (tertiary alicyclic amines) is 1. The lowest BCUT2D eigenvalue weighted by Gasteiger charge is -2.36. The van der Waals surface area contributed by atoms with E-state index < -0.39 is 0 Å². The highest BCUT2D eigenvalue weighted by atomic mass is 16.5. The van der Waals surface area contributed by atoms with Crippen molar-refractivity contribution in [1.29, 1.82) is 0 Å². The van der Waals surface area contributed by atoms with Crippen molar-refractivity contribution >= 4 is 5.91 Å². The van der Waals surface area contributed by atoms with Crippen molar-refractivity contribution < 1.29 is 19.4 Å². The van der Waals surface area contributed by atoms with Crippen LogP contribution in [-0.4, -0.2) is 82.5 Å². The predicted molar refractivity (Wildman–Crippen MR) is 128 cm³/mol. The number of aromatic nitrogens is 3. The summed E-state index contributed by atoms with van der Waals surface area (Å²) in [5, 5.41) is 21.5. The van der Waals surface area contributed by atoms with Gasteiger partial charge in [0.1, 0.15) is 17.5 Å². The maximum Gasteiger partial charge on any atom is 0.221 e. The number of rotatable bonds is 10. The zero-order valence-electron chi connectivity index (χ0n) is 20.1. The van der Waals surface area contributed by atoms with E-state index in [4.69, 9.17) is 9.47 Å². The molecular formula is C25H37N5O4. The van der Waals surface area contributed by atoms with Crippen molar-refractivity contribution in [2.45, 2.75) is 69.7 Å². The van der Waals surface area contributed by atoms with E-state index in [9.17, 15) is 9.90 Å². The van der Waals surface area contributed by atoms with E-state index in [0.29, 0.717) is 13.0 Å². The standard InChI is InChI=1S/C25H37N5O4/c1-33-20-7-5-19(6-8-20)23-17-30(28-27-23)16-11-21-9-10-22(24(18-31)34-21)26-25(32)12-15-29-13-3-2-4-14-29/h5-8,17,21-22,24,31H,2-4,9-16,18H2,1H3,(H,26,32)/t21-,22+,24-/m0/s1. The summed E-state index contributed by atoms with van der Waals surface area (Å²) in [4.78, 5) is 14.8. The molecule has 2 aromatic rings. The Morgan fingerprint density at radius 2 is 1.97 bits per heavy atom. The molecule has 2 aliphatic heterocycles. The summed E-state index contributed by atoms with van der Waals surface area (Å²) in [5.41, 5.74) is 1.80. The molecule has 0 aliphatic carbocycles. The number of amides is 1. The third-order valence-corrected chi connectivity index (χ3v) is 6.85. The minimum atomic E-state index is -0.372. The number of piperidine rings is 1. The SMILES string of the molecule is COc1ccc(-c2cn(CC[C@@H]3CC[C@@H](NC(=O)CCN4CCCCC4)[C@H](CO)O3)nn2)cc1. The maximum absolute atomic E-state index is 12.5. The average molecular weight is 472 g/mol. The monoisotopic (exact) mass is 471 g/mol. The first-order chi connectivity index (χ1) is 16.6. The molecule has 186 valence electrons. The Morgan fingerprint density at radius 3 is 2.71 bits per heavy atom. The second kappa shape index (κ2) is 12.3. The minimum absolute atomic E-state index is 0.0206. The van der Waals surface area contributed by atoms with E-state index in [1.165, 1.54) is 19.3 Å².